The van der Waals surface area contributed by atoms with Crippen LogP contribution in [0.15, 0.2) is 30.3 Å². The summed E-state index contributed by atoms with van der Waals surface area (Å²) in [7, 11) is 1.70. The van der Waals surface area contributed by atoms with Gasteiger partial charge in [0.05, 0.1) is 7.11 Å². The Morgan fingerprint density at radius 2 is 1.38 bits per heavy atom. The summed E-state index contributed by atoms with van der Waals surface area (Å²) >= 11 is 0. The van der Waals surface area contributed by atoms with Gasteiger partial charge in [-0.25, -0.2) is 0 Å². The minimum Gasteiger partial charge on any atom is -0.497 e. The predicted octanol–water partition coefficient (Wildman–Crippen LogP) is 6.63. The van der Waals surface area contributed by atoms with Crippen molar-refractivity contribution < 1.29 is 4.74 Å². The van der Waals surface area contributed by atoms with E-state index in [1.165, 1.54) is 69.8 Å². The fourth-order valence-corrected chi connectivity index (χ4v) is 2.51. The Balaban J connectivity index is 1.97. The van der Waals surface area contributed by atoms with Gasteiger partial charge in [-0.2, -0.15) is 0 Å². The predicted molar refractivity (Wildman–Crippen MR) is 93.9 cm³/mol. The summed E-state index contributed by atoms with van der Waals surface area (Å²) in [6.07, 6.45) is 18.3. The first-order chi connectivity index (χ1) is 10.4. The number of methoxy groups -OCH3 is 1. The Labute approximate surface area is 131 Å². The Hall–Kier alpha value is -1.24. The second kappa shape index (κ2) is 12.5. The van der Waals surface area contributed by atoms with Crippen molar-refractivity contribution in [2.24, 2.45) is 0 Å². The van der Waals surface area contributed by atoms with Gasteiger partial charge in [0.15, 0.2) is 0 Å². The molecule has 1 nitrogen and oxygen atoms in total. The van der Waals surface area contributed by atoms with Crippen molar-refractivity contribution in [3.05, 3.63) is 35.9 Å². The quantitative estimate of drug-likeness (QED) is 0.392. The van der Waals surface area contributed by atoms with Gasteiger partial charge in [0.2, 0.25) is 0 Å². The van der Waals surface area contributed by atoms with Gasteiger partial charge in [-0.15, -0.1) is 0 Å². The molecule has 0 saturated carbocycles. The van der Waals surface area contributed by atoms with Crippen LogP contribution in [0.1, 0.15) is 76.7 Å². The first-order valence-corrected chi connectivity index (χ1v) is 8.67. The second-order valence-corrected chi connectivity index (χ2v) is 5.79. The summed E-state index contributed by atoms with van der Waals surface area (Å²) in [6, 6.07) is 8.23. The summed E-state index contributed by atoms with van der Waals surface area (Å²) < 4.78 is 5.16. The second-order valence-electron chi connectivity index (χ2n) is 5.79. The molecule has 0 saturated heterocycles. The zero-order valence-electron chi connectivity index (χ0n) is 13.9. The van der Waals surface area contributed by atoms with E-state index >= 15 is 0 Å². The molecule has 1 aromatic carbocycles. The molecule has 0 heterocycles. The SMILES string of the molecule is CCCCCCCCCCC/C=C\c1ccc(OC)cc1. The van der Waals surface area contributed by atoms with Crippen molar-refractivity contribution in [3.8, 4) is 5.75 Å². The van der Waals surface area contributed by atoms with Gasteiger partial charge in [0.1, 0.15) is 5.75 Å². The fraction of sp³-hybridized carbons (Fsp3) is 0.600. The first kappa shape index (κ1) is 17.8. The van der Waals surface area contributed by atoms with Gasteiger partial charge < -0.3 is 4.74 Å². The number of rotatable bonds is 12. The largest absolute Gasteiger partial charge is 0.497 e. The van der Waals surface area contributed by atoms with Crippen LogP contribution < -0.4 is 4.74 Å². The molecular formula is C20H32O. The zero-order chi connectivity index (χ0) is 15.2. The van der Waals surface area contributed by atoms with Crippen molar-refractivity contribution in [2.45, 2.75) is 71.1 Å². The van der Waals surface area contributed by atoms with Gasteiger partial charge in [0.25, 0.3) is 0 Å². The molecule has 0 radical (unpaired) electrons. The van der Waals surface area contributed by atoms with Crippen LogP contribution in [0.25, 0.3) is 6.08 Å². The van der Waals surface area contributed by atoms with Crippen molar-refractivity contribution in [1.82, 2.24) is 0 Å². The lowest BCUT2D eigenvalue weighted by Gasteiger charge is -2.01. The Kier molecular flexibility index (Phi) is 10.6. The Morgan fingerprint density at radius 3 is 1.95 bits per heavy atom. The van der Waals surface area contributed by atoms with Crippen molar-refractivity contribution in [1.29, 1.82) is 0 Å². The molecule has 0 unspecified atom stereocenters. The topological polar surface area (TPSA) is 9.23 Å². The summed E-state index contributed by atoms with van der Waals surface area (Å²) in [6.45, 7) is 2.28. The van der Waals surface area contributed by atoms with E-state index in [9.17, 15) is 0 Å². The van der Waals surface area contributed by atoms with E-state index in [0.717, 1.165) is 5.75 Å². The molecule has 0 spiro atoms. The van der Waals surface area contributed by atoms with Crippen LogP contribution in [0.4, 0.5) is 0 Å². The molecule has 0 amide bonds. The maximum Gasteiger partial charge on any atom is 0.118 e. The van der Waals surface area contributed by atoms with Crippen LogP contribution >= 0.6 is 0 Å². The molecule has 1 rings (SSSR count). The third kappa shape index (κ3) is 9.33. The molecule has 0 aromatic heterocycles. The van der Waals surface area contributed by atoms with Gasteiger partial charge in [-0.1, -0.05) is 82.6 Å². The highest BCUT2D eigenvalue weighted by Gasteiger charge is 1.92. The molecule has 0 aliphatic heterocycles. The molecule has 1 aromatic rings. The first-order valence-electron chi connectivity index (χ1n) is 8.67. The Bertz CT molecular complexity index is 364. The van der Waals surface area contributed by atoms with Gasteiger partial charge in [-0.3, -0.25) is 0 Å². The molecule has 0 fully saturated rings. The average molecular weight is 288 g/mol. The summed E-state index contributed by atoms with van der Waals surface area (Å²) in [5.41, 5.74) is 1.26. The number of allylic oxidation sites excluding steroid dienone is 1. The molecule has 0 N–H and O–H groups in total. The number of benzene rings is 1. The third-order valence-electron chi connectivity index (χ3n) is 3.90. The van der Waals surface area contributed by atoms with E-state index < -0.39 is 0 Å². The highest BCUT2D eigenvalue weighted by atomic mass is 16.5. The monoisotopic (exact) mass is 288 g/mol. The van der Waals surface area contributed by atoms with Crippen LogP contribution in [0, 0.1) is 0 Å². The maximum atomic E-state index is 5.16. The molecule has 0 bridgehead atoms. The van der Waals surface area contributed by atoms with Gasteiger partial charge in [-0.05, 0) is 30.5 Å². The van der Waals surface area contributed by atoms with Crippen molar-refractivity contribution >= 4 is 6.08 Å². The third-order valence-corrected chi connectivity index (χ3v) is 3.90. The molecule has 0 aliphatic rings. The lowest BCUT2D eigenvalue weighted by Crippen LogP contribution is -1.82. The minimum absolute atomic E-state index is 0.922. The van der Waals surface area contributed by atoms with Crippen LogP contribution in [-0.4, -0.2) is 7.11 Å². The lowest BCUT2D eigenvalue weighted by molar-refractivity contribution is 0.415. The molecule has 0 atom stereocenters. The van der Waals surface area contributed by atoms with E-state index in [4.69, 9.17) is 4.74 Å². The molecule has 21 heavy (non-hydrogen) atoms. The van der Waals surface area contributed by atoms with Crippen LogP contribution in [-0.2, 0) is 0 Å². The highest BCUT2D eigenvalue weighted by Crippen LogP contribution is 2.14. The number of hydrogen-bond donors (Lipinski definition) is 0. The van der Waals surface area contributed by atoms with Crippen LogP contribution in [0.5, 0.6) is 5.75 Å². The lowest BCUT2D eigenvalue weighted by atomic mass is 10.1. The molecular weight excluding hydrogens is 256 g/mol. The van der Waals surface area contributed by atoms with Crippen molar-refractivity contribution in [2.75, 3.05) is 7.11 Å². The van der Waals surface area contributed by atoms with Crippen LogP contribution in [0.2, 0.25) is 0 Å². The highest BCUT2D eigenvalue weighted by molar-refractivity contribution is 5.50. The normalized spacial score (nSPS) is 11.1. The number of ether oxygens (including phenoxy) is 1. The van der Waals surface area contributed by atoms with Crippen molar-refractivity contribution in [3.63, 3.8) is 0 Å². The van der Waals surface area contributed by atoms with E-state index in [0.29, 0.717) is 0 Å². The molecule has 118 valence electrons. The van der Waals surface area contributed by atoms with E-state index in [2.05, 4.69) is 31.2 Å². The van der Waals surface area contributed by atoms with Gasteiger partial charge in [0, 0.05) is 0 Å². The molecule has 1 heteroatoms. The zero-order valence-corrected chi connectivity index (χ0v) is 13.9. The standard InChI is InChI=1S/C20H32O/c1-3-4-5-6-7-8-9-10-11-12-13-14-19-15-17-20(21-2)18-16-19/h13-18H,3-12H2,1-2H3/b14-13-. The summed E-state index contributed by atoms with van der Waals surface area (Å²) in [5, 5.41) is 0. The van der Waals surface area contributed by atoms with E-state index in [1.807, 2.05) is 12.1 Å². The summed E-state index contributed by atoms with van der Waals surface area (Å²) in [5.74, 6) is 0.922. The Morgan fingerprint density at radius 1 is 0.810 bits per heavy atom. The van der Waals surface area contributed by atoms with Gasteiger partial charge >= 0.3 is 0 Å². The number of hydrogen-bond acceptors (Lipinski definition) is 1. The number of unbranched alkanes of at least 4 members (excludes halogenated alkanes) is 9. The molecule has 0 aliphatic carbocycles. The maximum absolute atomic E-state index is 5.16. The van der Waals surface area contributed by atoms with E-state index in [1.54, 1.807) is 7.11 Å². The van der Waals surface area contributed by atoms with E-state index in [-0.39, 0.29) is 0 Å². The summed E-state index contributed by atoms with van der Waals surface area (Å²) in [4.78, 5) is 0. The smallest absolute Gasteiger partial charge is 0.118 e. The minimum atomic E-state index is 0.922. The van der Waals surface area contributed by atoms with Crippen LogP contribution in [0.3, 0.4) is 0 Å². The average Bonchev–Trinajstić information content (AvgIpc) is 2.53. The fourth-order valence-electron chi connectivity index (χ4n) is 2.51.